The second-order valence-corrected chi connectivity index (χ2v) is 6.37. The molecule has 0 bridgehead atoms. The highest BCUT2D eigenvalue weighted by atomic mass is 19.1. The van der Waals surface area contributed by atoms with E-state index in [9.17, 15) is 19.1 Å². The van der Waals surface area contributed by atoms with Crippen LogP contribution in [0.3, 0.4) is 0 Å². The van der Waals surface area contributed by atoms with E-state index < -0.39 is 29.3 Å². The van der Waals surface area contributed by atoms with Crippen molar-refractivity contribution in [3.8, 4) is 5.75 Å². The molecule has 1 N–H and O–H groups in total. The van der Waals surface area contributed by atoms with Gasteiger partial charge in [-0.1, -0.05) is 0 Å². The number of aliphatic hydroxyl groups is 1. The summed E-state index contributed by atoms with van der Waals surface area (Å²) in [7, 11) is 1.31. The molecule has 0 radical (unpaired) electrons. The number of carbonyl (C=O) groups is 2. The standard InChI is InChI=1S/C21H16FNO6/c1-27-15-7-6-12(10-14(15)22)19(24)17-18(16-5-3-9-29-16)23(21(26)20(17)25)11-13-4-2-8-28-13/h2-10,18,24H,11H2,1H3. The second-order valence-electron chi connectivity index (χ2n) is 6.37. The van der Waals surface area contributed by atoms with Crippen LogP contribution in [0.25, 0.3) is 5.76 Å². The Morgan fingerprint density at radius 3 is 2.55 bits per heavy atom. The van der Waals surface area contributed by atoms with Crippen molar-refractivity contribution < 1.29 is 32.7 Å². The number of hydrogen-bond donors (Lipinski definition) is 1. The third-order valence-electron chi connectivity index (χ3n) is 4.68. The number of carbonyl (C=O) groups excluding carboxylic acids is 2. The first-order chi connectivity index (χ1) is 14.0. The molecule has 0 aliphatic carbocycles. The number of ketones is 1. The van der Waals surface area contributed by atoms with Crippen LogP contribution >= 0.6 is 0 Å². The van der Waals surface area contributed by atoms with Crippen molar-refractivity contribution in [3.05, 3.63) is 83.5 Å². The van der Waals surface area contributed by atoms with E-state index in [0.29, 0.717) is 5.76 Å². The first-order valence-electron chi connectivity index (χ1n) is 8.69. The van der Waals surface area contributed by atoms with E-state index in [1.54, 1.807) is 24.3 Å². The van der Waals surface area contributed by atoms with Crippen LogP contribution in [0.15, 0.2) is 69.4 Å². The largest absolute Gasteiger partial charge is 0.507 e. The molecule has 148 valence electrons. The van der Waals surface area contributed by atoms with Crippen molar-refractivity contribution >= 4 is 17.4 Å². The maximum atomic E-state index is 14.1. The van der Waals surface area contributed by atoms with Crippen molar-refractivity contribution in [3.63, 3.8) is 0 Å². The Morgan fingerprint density at radius 1 is 1.17 bits per heavy atom. The molecule has 7 nitrogen and oxygen atoms in total. The summed E-state index contributed by atoms with van der Waals surface area (Å²) >= 11 is 0. The maximum Gasteiger partial charge on any atom is 0.296 e. The number of Topliss-reactive ketones (excluding diaryl/α,β-unsaturated/α-hetero) is 1. The molecular weight excluding hydrogens is 381 g/mol. The zero-order valence-electron chi connectivity index (χ0n) is 15.3. The van der Waals surface area contributed by atoms with Crippen molar-refractivity contribution in [2.75, 3.05) is 7.11 Å². The van der Waals surface area contributed by atoms with Crippen LogP contribution in [0.4, 0.5) is 4.39 Å². The molecule has 4 rings (SSSR count). The number of benzene rings is 1. The average Bonchev–Trinajstić information content (AvgIpc) is 3.46. The summed E-state index contributed by atoms with van der Waals surface area (Å²) in [4.78, 5) is 26.7. The summed E-state index contributed by atoms with van der Waals surface area (Å²) in [5, 5.41) is 10.8. The minimum absolute atomic E-state index is 0.00328. The molecule has 1 aliphatic heterocycles. The first kappa shape index (κ1) is 18.5. The zero-order chi connectivity index (χ0) is 20.5. The molecule has 1 aromatic carbocycles. The lowest BCUT2D eigenvalue weighted by Crippen LogP contribution is -2.28. The maximum absolute atomic E-state index is 14.1. The predicted octanol–water partition coefficient (Wildman–Crippen LogP) is 3.64. The fraction of sp³-hybridized carbons (Fsp3) is 0.143. The topological polar surface area (TPSA) is 93.1 Å². The van der Waals surface area contributed by atoms with Crippen molar-refractivity contribution in [1.29, 1.82) is 0 Å². The average molecular weight is 397 g/mol. The quantitative estimate of drug-likeness (QED) is 0.401. The first-order valence-corrected chi connectivity index (χ1v) is 8.69. The van der Waals surface area contributed by atoms with E-state index in [-0.39, 0.29) is 29.2 Å². The van der Waals surface area contributed by atoms with Crippen molar-refractivity contribution in [2.45, 2.75) is 12.6 Å². The summed E-state index contributed by atoms with van der Waals surface area (Å²) in [5.74, 6) is -2.21. The second kappa shape index (κ2) is 7.31. The number of nitrogens with zero attached hydrogens (tertiary/aromatic N) is 1. The molecular formula is C21H16FNO6. The van der Waals surface area contributed by atoms with Crippen LogP contribution in [-0.4, -0.2) is 28.8 Å². The van der Waals surface area contributed by atoms with Gasteiger partial charge >= 0.3 is 0 Å². The van der Waals surface area contributed by atoms with Gasteiger partial charge in [0.1, 0.15) is 23.3 Å². The monoisotopic (exact) mass is 397 g/mol. The van der Waals surface area contributed by atoms with Gasteiger partial charge in [0.25, 0.3) is 11.7 Å². The third-order valence-corrected chi connectivity index (χ3v) is 4.68. The fourth-order valence-electron chi connectivity index (χ4n) is 3.33. The zero-order valence-corrected chi connectivity index (χ0v) is 15.3. The van der Waals surface area contributed by atoms with Gasteiger partial charge in [0.05, 0.1) is 31.8 Å². The Labute approximate surface area is 164 Å². The van der Waals surface area contributed by atoms with Crippen LogP contribution in [0, 0.1) is 5.82 Å². The number of ether oxygens (including phenoxy) is 1. The molecule has 1 fully saturated rings. The summed E-state index contributed by atoms with van der Waals surface area (Å²) in [6, 6.07) is 9.30. The number of hydrogen-bond acceptors (Lipinski definition) is 6. The third kappa shape index (κ3) is 3.18. The molecule has 1 unspecified atom stereocenters. The van der Waals surface area contributed by atoms with Crippen LogP contribution in [0.5, 0.6) is 5.75 Å². The molecule has 1 aliphatic rings. The van der Waals surface area contributed by atoms with Gasteiger partial charge in [-0.05, 0) is 42.5 Å². The highest BCUT2D eigenvalue weighted by Gasteiger charge is 2.47. The van der Waals surface area contributed by atoms with Crippen LogP contribution in [-0.2, 0) is 16.1 Å². The normalized spacial score (nSPS) is 18.4. The predicted molar refractivity (Wildman–Crippen MR) is 98.2 cm³/mol. The Bertz CT molecular complexity index is 1080. The Kier molecular flexibility index (Phi) is 4.67. The summed E-state index contributed by atoms with van der Waals surface area (Å²) < 4.78 is 29.7. The van der Waals surface area contributed by atoms with E-state index in [0.717, 1.165) is 6.07 Å². The number of halogens is 1. The van der Waals surface area contributed by atoms with Gasteiger partial charge in [-0.25, -0.2) is 4.39 Å². The molecule has 8 heteroatoms. The molecule has 29 heavy (non-hydrogen) atoms. The molecule has 0 saturated carbocycles. The number of likely N-dealkylation sites (tertiary alicyclic amines) is 1. The van der Waals surface area contributed by atoms with Gasteiger partial charge < -0.3 is 23.6 Å². The number of aliphatic hydroxyl groups excluding tert-OH is 1. The number of amides is 1. The van der Waals surface area contributed by atoms with Crippen LogP contribution < -0.4 is 4.74 Å². The lowest BCUT2D eigenvalue weighted by atomic mass is 9.99. The van der Waals surface area contributed by atoms with Gasteiger partial charge in [-0.2, -0.15) is 0 Å². The van der Waals surface area contributed by atoms with E-state index >= 15 is 0 Å². The van der Waals surface area contributed by atoms with Gasteiger partial charge in [0, 0.05) is 5.56 Å². The van der Waals surface area contributed by atoms with Gasteiger partial charge in [0.2, 0.25) is 0 Å². The number of furan rings is 2. The molecule has 3 aromatic rings. The lowest BCUT2D eigenvalue weighted by Gasteiger charge is -2.22. The number of rotatable bonds is 5. The van der Waals surface area contributed by atoms with Gasteiger partial charge in [-0.3, -0.25) is 9.59 Å². The Morgan fingerprint density at radius 2 is 1.93 bits per heavy atom. The minimum atomic E-state index is -0.986. The molecule has 2 aromatic heterocycles. The van der Waals surface area contributed by atoms with Crippen molar-refractivity contribution in [2.24, 2.45) is 0 Å². The van der Waals surface area contributed by atoms with Gasteiger partial charge in [0.15, 0.2) is 11.6 Å². The number of methoxy groups -OCH3 is 1. The lowest BCUT2D eigenvalue weighted by molar-refractivity contribution is -0.140. The highest BCUT2D eigenvalue weighted by molar-refractivity contribution is 6.46. The van der Waals surface area contributed by atoms with Crippen LogP contribution in [0.2, 0.25) is 0 Å². The van der Waals surface area contributed by atoms with E-state index in [1.165, 1.54) is 36.7 Å². The molecule has 1 amide bonds. The molecule has 3 heterocycles. The van der Waals surface area contributed by atoms with Gasteiger partial charge in [-0.15, -0.1) is 0 Å². The van der Waals surface area contributed by atoms with Crippen molar-refractivity contribution in [1.82, 2.24) is 4.90 Å². The Hall–Kier alpha value is -3.81. The summed E-state index contributed by atoms with van der Waals surface area (Å²) in [6.07, 6.45) is 2.85. The SMILES string of the molecule is COc1ccc(C(O)=C2C(=O)C(=O)N(Cc3ccco3)C2c2ccco2)cc1F. The highest BCUT2D eigenvalue weighted by Crippen LogP contribution is 2.40. The van der Waals surface area contributed by atoms with E-state index in [4.69, 9.17) is 13.6 Å². The smallest absolute Gasteiger partial charge is 0.296 e. The molecule has 1 saturated heterocycles. The van der Waals surface area contributed by atoms with E-state index in [2.05, 4.69) is 0 Å². The summed E-state index contributed by atoms with van der Waals surface area (Å²) in [5.41, 5.74) is -0.156. The summed E-state index contributed by atoms with van der Waals surface area (Å²) in [6.45, 7) is -0.00328. The van der Waals surface area contributed by atoms with E-state index in [1.807, 2.05) is 0 Å². The van der Waals surface area contributed by atoms with Crippen LogP contribution in [0.1, 0.15) is 23.1 Å². The Balaban J connectivity index is 1.83. The fourth-order valence-corrected chi connectivity index (χ4v) is 3.33. The minimum Gasteiger partial charge on any atom is -0.507 e. The molecule has 0 spiro atoms. The molecule has 1 atom stereocenters.